The van der Waals surface area contributed by atoms with Crippen LogP contribution in [0.1, 0.15) is 0 Å². The van der Waals surface area contributed by atoms with Crippen LogP contribution in [-0.4, -0.2) is 11.7 Å². The van der Waals surface area contributed by atoms with Crippen molar-refractivity contribution >= 4 is 0 Å². The van der Waals surface area contributed by atoms with Gasteiger partial charge in [0.1, 0.15) is 0 Å². The molecule has 13 heavy (non-hydrogen) atoms. The fourth-order valence-corrected chi connectivity index (χ4v) is 0.129. The van der Waals surface area contributed by atoms with Crippen molar-refractivity contribution in [1.29, 1.82) is 0 Å². The van der Waals surface area contributed by atoms with Crippen LogP contribution in [0.5, 0.6) is 0 Å². The molecule has 0 atom stereocenters. The first-order valence-corrected chi connectivity index (χ1v) is 2.33. The Labute approximate surface area is 89.3 Å². The minimum absolute atomic E-state index is 0. The molecule has 0 saturated carbocycles. The first-order valence-electron chi connectivity index (χ1n) is 2.33. The van der Waals surface area contributed by atoms with E-state index in [2.05, 4.69) is 33.8 Å². The average Bonchev–Trinajstić information content (AvgIpc) is 2.14. The van der Waals surface area contributed by atoms with E-state index in [9.17, 15) is 0 Å². The molecule has 4 nitrogen and oxygen atoms in total. The van der Waals surface area contributed by atoms with E-state index in [-0.39, 0.29) is 23.7 Å². The van der Waals surface area contributed by atoms with Crippen LogP contribution in [0.15, 0.2) is 0 Å². The summed E-state index contributed by atoms with van der Waals surface area (Å²) in [5.74, 6) is 0.664. The van der Waals surface area contributed by atoms with Gasteiger partial charge in [0.2, 0.25) is 0 Å². The predicted molar refractivity (Wildman–Crippen MR) is 37.1 cm³/mol. The summed E-state index contributed by atoms with van der Waals surface area (Å²) in [5.41, 5.74) is 0. The van der Waals surface area contributed by atoms with Gasteiger partial charge >= 0.3 is 33.9 Å². The van der Waals surface area contributed by atoms with Crippen LogP contribution in [0.2, 0.25) is 0 Å². The molecule has 4 radical (unpaired) electrons. The molecule has 0 aliphatic heterocycles. The summed E-state index contributed by atoms with van der Waals surface area (Å²) in [5, 5.41) is 8.08. The van der Waals surface area contributed by atoms with Gasteiger partial charge in [-0.3, -0.25) is 0 Å². The Morgan fingerprint density at radius 2 is 1.31 bits per heavy atom. The topological polar surface area (TPSA) is 79.9 Å². The zero-order valence-corrected chi connectivity index (χ0v) is 7.83. The van der Waals surface area contributed by atoms with Gasteiger partial charge in [-0.1, -0.05) is 0 Å². The number of rotatable bonds is 2. The Hall–Kier alpha value is -0.301. The van der Waals surface area contributed by atoms with Gasteiger partial charge in [-0.2, -0.15) is 0 Å². The third-order valence-corrected chi connectivity index (χ3v) is 0.380. The molecule has 5 heteroatoms. The molecule has 1 N–H and O–H groups in total. The van der Waals surface area contributed by atoms with Gasteiger partial charge in [-0.05, 0) is 26.2 Å². The van der Waals surface area contributed by atoms with Crippen molar-refractivity contribution in [1.82, 2.24) is 0 Å². The molecule has 0 aromatic carbocycles. The summed E-state index contributed by atoms with van der Waals surface area (Å²) in [4.78, 5) is 0. The van der Waals surface area contributed by atoms with Crippen LogP contribution in [0.25, 0.3) is 0 Å². The fourth-order valence-electron chi connectivity index (χ4n) is 0.129. The molecule has 0 saturated heterocycles. The van der Waals surface area contributed by atoms with Crippen LogP contribution >= 0.6 is 0 Å². The smallest absolute Gasteiger partial charge is 0.0468 e. The van der Waals surface area contributed by atoms with E-state index < -0.39 is 0 Å². The molecule has 0 spiro atoms. The number of hydrogen-bond donors (Lipinski definition) is 1. The zero-order valence-electron chi connectivity index (χ0n) is 6.72. The van der Waals surface area contributed by atoms with Gasteiger partial charge in [-0.25, -0.2) is 0 Å². The molecule has 72 valence electrons. The average molecular weight is 224 g/mol. The van der Waals surface area contributed by atoms with E-state index in [0.29, 0.717) is 5.92 Å². The van der Waals surface area contributed by atoms with Gasteiger partial charge < -0.3 is 5.11 Å². The molecule has 0 aromatic rings. The Kier molecular flexibility index (Phi) is 137. The molecular weight excluding hydrogens is 216 g/mol. The normalized spacial score (nSPS) is 5.08. The Bertz CT molecular complexity index is 92.2. The predicted octanol–water partition coefficient (Wildman–Crippen LogP) is 0.311. The summed E-state index contributed by atoms with van der Waals surface area (Å²) >= 11 is 0. The van der Waals surface area contributed by atoms with Crippen molar-refractivity contribution in [2.24, 2.45) is 0 Å². The van der Waals surface area contributed by atoms with E-state index in [1.807, 2.05) is 0 Å². The van der Waals surface area contributed by atoms with Crippen molar-refractivity contribution in [3.8, 4) is 0 Å². The van der Waals surface area contributed by atoms with Gasteiger partial charge in [-0.15, -0.1) is 0 Å². The van der Waals surface area contributed by atoms with Crippen molar-refractivity contribution in [3.63, 3.8) is 0 Å². The third kappa shape index (κ3) is 151. The van der Waals surface area contributed by atoms with Gasteiger partial charge in [0.15, 0.2) is 0 Å². The van der Waals surface area contributed by atoms with Crippen molar-refractivity contribution in [2.75, 3.05) is 6.61 Å². The van der Waals surface area contributed by atoms with E-state index >= 15 is 0 Å². The zero-order chi connectivity index (χ0) is 11.0. The van der Waals surface area contributed by atoms with Gasteiger partial charge in [0, 0.05) is 23.7 Å². The van der Waals surface area contributed by atoms with Gasteiger partial charge in [0.05, 0.1) is 0 Å². The summed E-state index contributed by atoms with van der Waals surface area (Å²) in [7, 11) is 0. The second kappa shape index (κ2) is 60.6. The summed E-state index contributed by atoms with van der Waals surface area (Å²) < 4.78 is 22.5. The second-order valence-electron chi connectivity index (χ2n) is 1.04. The maximum Gasteiger partial charge on any atom is 0.0468 e. The van der Waals surface area contributed by atoms with Crippen LogP contribution in [0.3, 0.4) is 0 Å². The van der Waals surface area contributed by atoms with Crippen LogP contribution < -0.4 is 0 Å². The number of aliphatic hydroxyl groups excluding tert-OH is 1. The first kappa shape index (κ1) is 29.3. The summed E-state index contributed by atoms with van der Waals surface area (Å²) in [6, 6.07) is 0. The molecular formula is C8H8FeO4. The van der Waals surface area contributed by atoms with Crippen molar-refractivity contribution < 1.29 is 36.1 Å². The monoisotopic (exact) mass is 224 g/mol. The SMILES string of the molecule is [C-]#[O+].[C-]#[O+].[C-]#[O+].[CH2][C]([CH2])[CH]CO.[Fe]. The molecule has 0 fully saturated rings. The standard InChI is InChI=1S/C5H8O.3CO.Fe/c1-5(2)3-4-6;3*1-2;/h3,6H,1-2,4H2;;;;. The van der Waals surface area contributed by atoms with Crippen molar-refractivity contribution in [3.05, 3.63) is 46.1 Å². The van der Waals surface area contributed by atoms with Crippen LogP contribution in [0, 0.1) is 46.1 Å². The van der Waals surface area contributed by atoms with Crippen molar-refractivity contribution in [2.45, 2.75) is 0 Å². The Morgan fingerprint density at radius 1 is 1.08 bits per heavy atom. The molecule has 0 aliphatic carbocycles. The quantitative estimate of drug-likeness (QED) is 0.408. The van der Waals surface area contributed by atoms with E-state index in [4.69, 9.17) is 19.1 Å². The van der Waals surface area contributed by atoms with E-state index in [0.717, 1.165) is 0 Å². The Morgan fingerprint density at radius 3 is 1.31 bits per heavy atom. The second-order valence-corrected chi connectivity index (χ2v) is 1.04. The fraction of sp³-hybridized carbons (Fsp3) is 0.125. The Balaban J connectivity index is -0.0000000263. The maximum absolute atomic E-state index is 8.08. The molecule has 0 rings (SSSR count). The van der Waals surface area contributed by atoms with Crippen LogP contribution in [-0.2, 0) is 31.0 Å². The molecule has 0 unspecified atom stereocenters. The van der Waals surface area contributed by atoms with Gasteiger partial charge in [0.25, 0.3) is 0 Å². The minimum atomic E-state index is 0. The minimum Gasteiger partial charge on any atom is -0.396 e. The first-order chi connectivity index (χ1) is 5.77. The van der Waals surface area contributed by atoms with E-state index in [1.54, 1.807) is 6.42 Å². The molecule has 0 bridgehead atoms. The molecule has 0 amide bonds. The summed E-state index contributed by atoms with van der Waals surface area (Å²) in [6.45, 7) is 20.4. The van der Waals surface area contributed by atoms with E-state index in [1.165, 1.54) is 0 Å². The third-order valence-electron chi connectivity index (χ3n) is 0.380. The molecule has 0 aromatic heterocycles. The number of aliphatic hydroxyl groups is 1. The molecule has 0 aliphatic rings. The largest absolute Gasteiger partial charge is 0.396 e. The molecule has 0 heterocycles. The maximum atomic E-state index is 8.08. The van der Waals surface area contributed by atoms with Crippen LogP contribution in [0.4, 0.5) is 0 Å². The summed E-state index contributed by atoms with van der Waals surface area (Å²) in [6.07, 6.45) is 1.54. The number of hydrogen-bond acceptors (Lipinski definition) is 1.